The van der Waals surface area contributed by atoms with E-state index in [4.69, 9.17) is 14.5 Å². The van der Waals surface area contributed by atoms with Crippen molar-refractivity contribution in [3.63, 3.8) is 0 Å². The van der Waals surface area contributed by atoms with Gasteiger partial charge in [-0.3, -0.25) is 14.5 Å². The monoisotopic (exact) mass is 542 g/mol. The lowest BCUT2D eigenvalue weighted by atomic mass is 9.97. The minimum atomic E-state index is -0.622. The predicted molar refractivity (Wildman–Crippen MR) is 145 cm³/mol. The number of unbranched alkanes of at least 4 members (excludes halogenated alkanes) is 1. The summed E-state index contributed by atoms with van der Waals surface area (Å²) in [7, 11) is 3.24. The van der Waals surface area contributed by atoms with E-state index in [-0.39, 0.29) is 40.2 Å². The first-order valence-electron chi connectivity index (χ1n) is 12.8. The molecule has 1 aliphatic rings. The first kappa shape index (κ1) is 29.9. The van der Waals surface area contributed by atoms with Crippen LogP contribution in [0.3, 0.4) is 0 Å². The Kier molecular flexibility index (Phi) is 10.4. The van der Waals surface area contributed by atoms with Gasteiger partial charge in [-0.15, -0.1) is 10.2 Å². The minimum absolute atomic E-state index is 0.0122. The zero-order chi connectivity index (χ0) is 29.2. The van der Waals surface area contributed by atoms with E-state index < -0.39 is 11.8 Å². The van der Waals surface area contributed by atoms with Crippen LogP contribution in [0.1, 0.15) is 74.8 Å². The van der Waals surface area contributed by atoms with E-state index in [1.165, 1.54) is 6.07 Å². The molecule has 206 valence electrons. The number of amides is 2. The van der Waals surface area contributed by atoms with Crippen LogP contribution >= 0.6 is 0 Å². The largest absolute Gasteiger partial charge is 0.385 e. The van der Waals surface area contributed by atoms with Gasteiger partial charge in [0.05, 0.1) is 33.5 Å². The highest BCUT2D eigenvalue weighted by molar-refractivity contribution is 6.23. The molecule has 0 bridgehead atoms. The number of imide groups is 1. The van der Waals surface area contributed by atoms with Gasteiger partial charge in [0.15, 0.2) is 5.82 Å². The second-order valence-corrected chi connectivity index (χ2v) is 8.94. The zero-order valence-corrected chi connectivity index (χ0v) is 23.0. The fraction of sp³-hybridized carbons (Fsp3) is 0.429. The number of carbonyl (C=O) groups is 2. The number of rotatable bonds is 13. The van der Waals surface area contributed by atoms with Crippen LogP contribution in [0.15, 0.2) is 16.3 Å². The molecule has 0 unspecified atom stereocenters. The molecule has 12 nitrogen and oxygen atoms in total. The number of pyridine rings is 1. The number of fused-ring (bicyclic) bond motifs is 1. The third-order valence-corrected chi connectivity index (χ3v) is 6.46. The maximum absolute atomic E-state index is 12.9. The summed E-state index contributed by atoms with van der Waals surface area (Å²) in [6.45, 7) is 5.12. The van der Waals surface area contributed by atoms with Crippen molar-refractivity contribution in [3.05, 3.63) is 45.1 Å². The number of hydrogen-bond acceptors (Lipinski definition) is 11. The molecular formula is C28H30N8O4. The van der Waals surface area contributed by atoms with E-state index in [1.54, 1.807) is 28.1 Å². The highest BCUT2D eigenvalue weighted by Crippen LogP contribution is 2.38. The van der Waals surface area contributed by atoms with Crippen LogP contribution in [0.5, 0.6) is 0 Å². The number of carbonyl (C=O) groups excluding carboxylic acids is 2. The molecule has 40 heavy (non-hydrogen) atoms. The predicted octanol–water partition coefficient (Wildman–Crippen LogP) is 4.45. The Labute approximate surface area is 232 Å². The van der Waals surface area contributed by atoms with Crippen LogP contribution in [0.2, 0.25) is 0 Å². The van der Waals surface area contributed by atoms with Crippen LogP contribution < -0.4 is 5.32 Å². The molecule has 0 spiro atoms. The van der Waals surface area contributed by atoms with E-state index in [0.717, 1.165) is 17.7 Å². The van der Waals surface area contributed by atoms with E-state index in [2.05, 4.69) is 21.6 Å². The lowest BCUT2D eigenvalue weighted by Gasteiger charge is -2.15. The Morgan fingerprint density at radius 1 is 0.950 bits per heavy atom. The van der Waals surface area contributed by atoms with Gasteiger partial charge in [0.2, 0.25) is 0 Å². The van der Waals surface area contributed by atoms with Gasteiger partial charge in [-0.2, -0.15) is 15.8 Å². The Morgan fingerprint density at radius 3 is 2.25 bits per heavy atom. The van der Waals surface area contributed by atoms with E-state index >= 15 is 0 Å². The summed E-state index contributed by atoms with van der Waals surface area (Å²) in [6.07, 6.45) is 2.82. The summed E-state index contributed by atoms with van der Waals surface area (Å²) < 4.78 is 10.2. The Bertz CT molecular complexity index is 1460. The maximum Gasteiger partial charge on any atom is 0.262 e. The highest BCUT2D eigenvalue weighted by Gasteiger charge is 2.39. The van der Waals surface area contributed by atoms with Gasteiger partial charge in [-0.05, 0) is 51.2 Å². The Hall–Kier alpha value is -4.70. The summed E-state index contributed by atoms with van der Waals surface area (Å²) in [5, 5.41) is 41.5. The van der Waals surface area contributed by atoms with Gasteiger partial charge >= 0.3 is 0 Å². The minimum Gasteiger partial charge on any atom is -0.385 e. The second-order valence-electron chi connectivity index (χ2n) is 8.94. The number of hydrogen-bond donors (Lipinski definition) is 1. The number of aromatic nitrogens is 1. The molecule has 1 N–H and O–H groups in total. The molecule has 1 aromatic carbocycles. The first-order chi connectivity index (χ1) is 19.4. The molecule has 12 heteroatoms. The number of benzene rings is 1. The van der Waals surface area contributed by atoms with Gasteiger partial charge in [-0.1, -0.05) is 0 Å². The molecule has 0 fully saturated rings. The summed E-state index contributed by atoms with van der Waals surface area (Å²) in [4.78, 5) is 31.3. The highest BCUT2D eigenvalue weighted by atomic mass is 16.5. The summed E-state index contributed by atoms with van der Waals surface area (Å²) in [5.74, 6) is -0.802. The average molecular weight is 543 g/mol. The maximum atomic E-state index is 12.9. The number of nitriles is 3. The zero-order valence-electron chi connectivity index (χ0n) is 23.0. The number of nitrogens with one attached hydrogen (secondary N) is 1. The van der Waals surface area contributed by atoms with E-state index in [1.807, 2.05) is 12.1 Å². The van der Waals surface area contributed by atoms with Crippen molar-refractivity contribution >= 4 is 29.0 Å². The number of azo groups is 1. The Morgan fingerprint density at radius 2 is 1.62 bits per heavy atom. The van der Waals surface area contributed by atoms with Crippen LogP contribution in [-0.4, -0.2) is 62.2 Å². The molecule has 2 amide bonds. The quantitative estimate of drug-likeness (QED) is 0.217. The van der Waals surface area contributed by atoms with Crippen molar-refractivity contribution in [3.8, 4) is 18.2 Å². The molecular weight excluding hydrogens is 512 g/mol. The van der Waals surface area contributed by atoms with Gasteiger partial charge in [0.25, 0.3) is 11.8 Å². The second kappa shape index (κ2) is 13.9. The van der Waals surface area contributed by atoms with Gasteiger partial charge in [0.1, 0.15) is 29.6 Å². The van der Waals surface area contributed by atoms with Crippen LogP contribution in [0.25, 0.3) is 0 Å². The van der Waals surface area contributed by atoms with Crippen LogP contribution in [0, 0.1) is 40.9 Å². The van der Waals surface area contributed by atoms with Gasteiger partial charge in [-0.25, -0.2) is 4.98 Å². The Balaban J connectivity index is 2.14. The fourth-order valence-electron chi connectivity index (χ4n) is 4.41. The molecule has 0 atom stereocenters. The third kappa shape index (κ3) is 5.97. The van der Waals surface area contributed by atoms with Crippen molar-refractivity contribution in [2.24, 2.45) is 10.2 Å². The lowest BCUT2D eigenvalue weighted by molar-refractivity contribution is 0.0662. The first-order valence-corrected chi connectivity index (χ1v) is 12.8. The van der Waals surface area contributed by atoms with E-state index in [0.29, 0.717) is 55.2 Å². The molecule has 0 saturated heterocycles. The smallest absolute Gasteiger partial charge is 0.262 e. The number of ether oxygens (including phenoxy) is 2. The van der Waals surface area contributed by atoms with Gasteiger partial charge in [0, 0.05) is 40.5 Å². The number of nitrogens with zero attached hydrogens (tertiary/aromatic N) is 7. The molecule has 0 aliphatic carbocycles. The SMILES string of the molecule is CCN1C(=O)c2cc(C#N)c(N=Nc3c(NCCCOC)nc(CCCCOC)c(C#N)c3C)c(C#N)c2C1=O. The van der Waals surface area contributed by atoms with Crippen molar-refractivity contribution in [2.75, 3.05) is 45.8 Å². The molecule has 1 aromatic heterocycles. The normalized spacial score (nSPS) is 12.4. The van der Waals surface area contributed by atoms with Crippen molar-refractivity contribution in [1.82, 2.24) is 9.88 Å². The number of aryl methyl sites for hydroxylation is 1. The third-order valence-electron chi connectivity index (χ3n) is 6.46. The molecule has 2 aromatic rings. The summed E-state index contributed by atoms with van der Waals surface area (Å²) in [6, 6.07) is 7.36. The fourth-order valence-corrected chi connectivity index (χ4v) is 4.41. The molecule has 2 heterocycles. The number of methoxy groups -OCH3 is 2. The molecule has 0 saturated carbocycles. The topological polar surface area (TPSA) is 177 Å². The van der Waals surface area contributed by atoms with Crippen molar-refractivity contribution < 1.29 is 19.1 Å². The number of anilines is 1. The van der Waals surface area contributed by atoms with Crippen LogP contribution in [0.4, 0.5) is 17.2 Å². The van der Waals surface area contributed by atoms with E-state index in [9.17, 15) is 25.4 Å². The van der Waals surface area contributed by atoms with Crippen LogP contribution in [-0.2, 0) is 15.9 Å². The summed E-state index contributed by atoms with van der Waals surface area (Å²) >= 11 is 0. The van der Waals surface area contributed by atoms with Gasteiger partial charge < -0.3 is 14.8 Å². The standard InChI is InChI=1S/C28H30N8O4/c1-5-36-27(37)19-13-18(14-29)25(21(16-31)23(19)28(36)38)35-34-24-17(2)20(15-30)22(9-6-7-11-39-3)33-26(24)32-10-8-12-40-4/h13H,5-12H2,1-4H3,(H,32,33). The summed E-state index contributed by atoms with van der Waals surface area (Å²) in [5.41, 5.74) is 1.25. The average Bonchev–Trinajstić information content (AvgIpc) is 3.20. The lowest BCUT2D eigenvalue weighted by Crippen LogP contribution is -2.29. The van der Waals surface area contributed by atoms with Crippen molar-refractivity contribution in [1.29, 1.82) is 15.8 Å². The molecule has 0 radical (unpaired) electrons. The molecule has 1 aliphatic heterocycles. The molecule has 3 rings (SSSR count). The van der Waals surface area contributed by atoms with Crippen molar-refractivity contribution in [2.45, 2.75) is 39.5 Å².